The third kappa shape index (κ3) is 7.50. The van der Waals surface area contributed by atoms with Crippen LogP contribution >= 0.6 is 0 Å². The lowest BCUT2D eigenvalue weighted by molar-refractivity contribution is 0.202. The first kappa shape index (κ1) is 12.1. The summed E-state index contributed by atoms with van der Waals surface area (Å²) in [6.07, 6.45) is 1.01. The monoisotopic (exact) mass is 181 g/mol. The maximum absolute atomic E-state index is 4.95. The van der Waals surface area contributed by atoms with Crippen LogP contribution in [0.5, 0.6) is 0 Å². The predicted molar refractivity (Wildman–Crippen MR) is 57.0 cm³/mol. The Bertz CT molecular complexity index is 187. The molecule has 2 nitrogen and oxygen atoms in total. The van der Waals surface area contributed by atoms with Crippen LogP contribution in [0, 0.1) is 0 Å². The molecule has 2 heteroatoms. The Morgan fingerprint density at radius 2 is 1.69 bits per heavy atom. The number of nitrogens with one attached hydrogen (secondary N) is 1. The summed E-state index contributed by atoms with van der Waals surface area (Å²) < 4.78 is 4.95. The van der Waals surface area contributed by atoms with Gasteiger partial charge in [-0.1, -0.05) is 30.3 Å². The molecular formula is C11H19NO. The average molecular weight is 181 g/mol. The molecule has 0 saturated carbocycles. The summed E-state index contributed by atoms with van der Waals surface area (Å²) in [5.41, 5.74) is 1.34. The van der Waals surface area contributed by atoms with E-state index in [0.29, 0.717) is 0 Å². The second-order valence-electron chi connectivity index (χ2n) is 2.73. The van der Waals surface area contributed by atoms with E-state index in [0.717, 1.165) is 13.0 Å². The van der Waals surface area contributed by atoms with Crippen LogP contribution in [0.1, 0.15) is 5.56 Å². The Morgan fingerprint density at radius 3 is 2.15 bits per heavy atom. The average Bonchev–Trinajstić information content (AvgIpc) is 2.18. The molecule has 0 atom stereocenters. The number of hydrogen-bond acceptors (Lipinski definition) is 2. The molecule has 1 aromatic rings. The van der Waals surface area contributed by atoms with Gasteiger partial charge in [0.25, 0.3) is 0 Å². The van der Waals surface area contributed by atoms with Crippen LogP contribution in [0.4, 0.5) is 0 Å². The van der Waals surface area contributed by atoms with Gasteiger partial charge in [-0.05, 0) is 26.1 Å². The fourth-order valence-electron chi connectivity index (χ4n) is 0.865. The second-order valence-corrected chi connectivity index (χ2v) is 2.73. The van der Waals surface area contributed by atoms with Gasteiger partial charge in [-0.2, -0.15) is 0 Å². The molecule has 1 aromatic carbocycles. The standard InChI is InChI=1S/C9H12O.C2H7N/c1-10-8-7-9-5-3-2-4-6-9;1-3-2/h2-6H,7-8H2,1H3;3H,1-2H3. The van der Waals surface area contributed by atoms with Crippen molar-refractivity contribution < 1.29 is 4.74 Å². The Hall–Kier alpha value is -0.860. The minimum absolute atomic E-state index is 0.810. The fourth-order valence-corrected chi connectivity index (χ4v) is 0.865. The van der Waals surface area contributed by atoms with E-state index in [1.54, 1.807) is 7.11 Å². The topological polar surface area (TPSA) is 21.3 Å². The third-order valence-electron chi connectivity index (χ3n) is 1.44. The Labute approximate surface area is 80.9 Å². The van der Waals surface area contributed by atoms with Crippen LogP contribution in [-0.4, -0.2) is 27.8 Å². The third-order valence-corrected chi connectivity index (χ3v) is 1.44. The summed E-state index contributed by atoms with van der Waals surface area (Å²) >= 11 is 0. The van der Waals surface area contributed by atoms with E-state index < -0.39 is 0 Å². The summed E-state index contributed by atoms with van der Waals surface area (Å²) in [7, 11) is 5.48. The van der Waals surface area contributed by atoms with Gasteiger partial charge >= 0.3 is 0 Å². The van der Waals surface area contributed by atoms with Crippen molar-refractivity contribution in [2.45, 2.75) is 6.42 Å². The number of benzene rings is 1. The Kier molecular flexibility index (Phi) is 8.62. The van der Waals surface area contributed by atoms with E-state index in [1.807, 2.05) is 32.3 Å². The van der Waals surface area contributed by atoms with Crippen LogP contribution in [0.25, 0.3) is 0 Å². The first-order valence-corrected chi connectivity index (χ1v) is 4.46. The van der Waals surface area contributed by atoms with Gasteiger partial charge in [-0.25, -0.2) is 0 Å². The largest absolute Gasteiger partial charge is 0.384 e. The summed E-state index contributed by atoms with van der Waals surface area (Å²) in [4.78, 5) is 0. The van der Waals surface area contributed by atoms with Gasteiger partial charge in [0.2, 0.25) is 0 Å². The molecule has 0 spiro atoms. The lowest BCUT2D eigenvalue weighted by atomic mass is 10.2. The molecule has 0 fully saturated rings. The lowest BCUT2D eigenvalue weighted by Crippen LogP contribution is -1.92. The highest BCUT2D eigenvalue weighted by Gasteiger charge is 1.87. The smallest absolute Gasteiger partial charge is 0.0502 e. The molecule has 0 aromatic heterocycles. The molecule has 0 aliphatic heterocycles. The molecule has 74 valence electrons. The van der Waals surface area contributed by atoms with Crippen LogP contribution in [0.3, 0.4) is 0 Å². The number of methoxy groups -OCH3 is 1. The van der Waals surface area contributed by atoms with Crippen molar-refractivity contribution in [1.82, 2.24) is 5.32 Å². The zero-order valence-corrected chi connectivity index (χ0v) is 8.71. The predicted octanol–water partition coefficient (Wildman–Crippen LogP) is 1.71. The van der Waals surface area contributed by atoms with Gasteiger partial charge in [0.15, 0.2) is 0 Å². The summed E-state index contributed by atoms with van der Waals surface area (Å²) in [5, 5.41) is 2.75. The molecule has 1 N–H and O–H groups in total. The molecule has 0 aliphatic carbocycles. The van der Waals surface area contributed by atoms with Crippen molar-refractivity contribution in [2.75, 3.05) is 27.8 Å². The SMILES string of the molecule is CNC.COCCc1ccccc1. The van der Waals surface area contributed by atoms with Gasteiger partial charge in [-0.3, -0.25) is 0 Å². The molecule has 0 unspecified atom stereocenters. The van der Waals surface area contributed by atoms with Gasteiger partial charge in [0, 0.05) is 7.11 Å². The summed E-state index contributed by atoms with van der Waals surface area (Å²) in [6.45, 7) is 0.810. The molecule has 0 aliphatic rings. The first-order chi connectivity index (χ1) is 6.35. The molecule has 13 heavy (non-hydrogen) atoms. The van der Waals surface area contributed by atoms with E-state index >= 15 is 0 Å². The van der Waals surface area contributed by atoms with E-state index in [-0.39, 0.29) is 0 Å². The highest BCUT2D eigenvalue weighted by Crippen LogP contribution is 1.98. The highest BCUT2D eigenvalue weighted by molar-refractivity contribution is 5.14. The zero-order valence-electron chi connectivity index (χ0n) is 8.71. The maximum atomic E-state index is 4.95. The Morgan fingerprint density at radius 1 is 1.15 bits per heavy atom. The van der Waals surface area contributed by atoms with E-state index in [2.05, 4.69) is 17.4 Å². The van der Waals surface area contributed by atoms with Gasteiger partial charge in [-0.15, -0.1) is 0 Å². The van der Waals surface area contributed by atoms with Crippen molar-refractivity contribution in [3.05, 3.63) is 35.9 Å². The molecular weight excluding hydrogens is 162 g/mol. The van der Waals surface area contributed by atoms with E-state index in [9.17, 15) is 0 Å². The van der Waals surface area contributed by atoms with Crippen molar-refractivity contribution in [1.29, 1.82) is 0 Å². The van der Waals surface area contributed by atoms with Gasteiger partial charge in [0.1, 0.15) is 0 Å². The normalized spacial score (nSPS) is 8.85. The molecule has 0 heterocycles. The Balaban J connectivity index is 0.000000424. The minimum atomic E-state index is 0.810. The van der Waals surface area contributed by atoms with Crippen molar-refractivity contribution in [2.24, 2.45) is 0 Å². The number of hydrogen-bond donors (Lipinski definition) is 1. The molecule has 0 saturated heterocycles. The molecule has 1 rings (SSSR count). The van der Waals surface area contributed by atoms with Crippen molar-refractivity contribution >= 4 is 0 Å². The van der Waals surface area contributed by atoms with Crippen LogP contribution in [0.2, 0.25) is 0 Å². The lowest BCUT2D eigenvalue weighted by Gasteiger charge is -1.97. The number of ether oxygens (including phenoxy) is 1. The summed E-state index contributed by atoms with van der Waals surface area (Å²) in [5.74, 6) is 0. The number of rotatable bonds is 3. The fraction of sp³-hybridized carbons (Fsp3) is 0.455. The molecule has 0 amide bonds. The molecule has 0 bridgehead atoms. The minimum Gasteiger partial charge on any atom is -0.384 e. The van der Waals surface area contributed by atoms with Crippen molar-refractivity contribution in [3.63, 3.8) is 0 Å². The second kappa shape index (κ2) is 9.23. The van der Waals surface area contributed by atoms with Gasteiger partial charge < -0.3 is 10.1 Å². The van der Waals surface area contributed by atoms with Crippen LogP contribution in [-0.2, 0) is 11.2 Å². The first-order valence-electron chi connectivity index (χ1n) is 4.46. The molecule has 0 radical (unpaired) electrons. The van der Waals surface area contributed by atoms with Crippen molar-refractivity contribution in [3.8, 4) is 0 Å². The van der Waals surface area contributed by atoms with Crippen LogP contribution in [0.15, 0.2) is 30.3 Å². The summed E-state index contributed by atoms with van der Waals surface area (Å²) in [6, 6.07) is 10.3. The van der Waals surface area contributed by atoms with E-state index in [1.165, 1.54) is 5.56 Å². The quantitative estimate of drug-likeness (QED) is 0.766. The maximum Gasteiger partial charge on any atom is 0.0502 e. The highest BCUT2D eigenvalue weighted by atomic mass is 16.5. The van der Waals surface area contributed by atoms with Gasteiger partial charge in [0.05, 0.1) is 6.61 Å². The van der Waals surface area contributed by atoms with E-state index in [4.69, 9.17) is 4.74 Å². The zero-order chi connectivity index (χ0) is 9.94. The van der Waals surface area contributed by atoms with Crippen LogP contribution < -0.4 is 5.32 Å².